The minimum Gasteiger partial charge on any atom is -0.501 e. The van der Waals surface area contributed by atoms with Crippen molar-refractivity contribution in [2.75, 3.05) is 0 Å². The maximum Gasteiger partial charge on any atom is 0.121 e. The van der Waals surface area contributed by atoms with Gasteiger partial charge in [0, 0.05) is 37.9 Å². The van der Waals surface area contributed by atoms with Crippen LogP contribution in [0.4, 0.5) is 0 Å². The molecule has 8 rings (SSSR count). The van der Waals surface area contributed by atoms with Gasteiger partial charge in [0.1, 0.15) is 5.58 Å². The Hall–Kier alpha value is -4.63. The van der Waals surface area contributed by atoms with Gasteiger partial charge in [0.05, 0.1) is 5.58 Å². The van der Waals surface area contributed by atoms with Crippen molar-refractivity contribution in [1.82, 2.24) is 9.97 Å². The molecule has 0 bridgehead atoms. The Bertz CT molecular complexity index is 2630. The first-order valence-electron chi connectivity index (χ1n) is 19.6. The second-order valence-corrected chi connectivity index (χ2v) is 18.9. The van der Waals surface area contributed by atoms with Crippen molar-refractivity contribution in [2.24, 2.45) is 16.2 Å². The average Bonchev–Trinajstić information content (AvgIpc) is 3.48. The summed E-state index contributed by atoms with van der Waals surface area (Å²) in [5.41, 5.74) is 11.7. The molecular weight excluding hydrogens is 861 g/mol. The molecule has 0 saturated carbocycles. The van der Waals surface area contributed by atoms with Crippen LogP contribution in [0.5, 0.6) is 0 Å². The molecule has 0 spiro atoms. The Morgan fingerprint density at radius 2 is 1.30 bits per heavy atom. The first-order chi connectivity index (χ1) is 26.0. The summed E-state index contributed by atoms with van der Waals surface area (Å²) < 4.78 is 6.46. The van der Waals surface area contributed by atoms with Crippen molar-refractivity contribution in [1.29, 1.82) is 0 Å². The van der Waals surface area contributed by atoms with Crippen molar-refractivity contribution in [3.8, 4) is 22.5 Å². The summed E-state index contributed by atoms with van der Waals surface area (Å²) in [6.45, 7) is 22.6. The van der Waals surface area contributed by atoms with Crippen LogP contribution < -0.4 is 0 Å². The van der Waals surface area contributed by atoms with E-state index in [9.17, 15) is 0 Å². The Balaban J connectivity index is 0.000000198. The number of nitrogens with zero attached hydrogens (tertiary/aromatic N) is 2. The molecule has 0 saturated heterocycles. The van der Waals surface area contributed by atoms with E-state index in [0.29, 0.717) is 0 Å². The van der Waals surface area contributed by atoms with Gasteiger partial charge < -0.3 is 14.4 Å². The number of furan rings is 1. The number of pyridine rings is 2. The molecular formula is C52H54IrN2O-2. The van der Waals surface area contributed by atoms with Gasteiger partial charge in [0.15, 0.2) is 0 Å². The minimum atomic E-state index is 0. The molecule has 0 atom stereocenters. The van der Waals surface area contributed by atoms with E-state index in [-0.39, 0.29) is 36.4 Å². The van der Waals surface area contributed by atoms with Crippen LogP contribution in [-0.2, 0) is 39.4 Å². The van der Waals surface area contributed by atoms with Gasteiger partial charge in [-0.05, 0) is 97.8 Å². The number of benzene rings is 5. The van der Waals surface area contributed by atoms with Gasteiger partial charge in [-0.15, -0.1) is 53.6 Å². The zero-order valence-corrected chi connectivity index (χ0v) is 37.0. The summed E-state index contributed by atoms with van der Waals surface area (Å²) in [5, 5.41) is 7.15. The smallest absolute Gasteiger partial charge is 0.121 e. The van der Waals surface area contributed by atoms with Crippen molar-refractivity contribution in [3.05, 3.63) is 144 Å². The molecule has 0 aliphatic carbocycles. The Morgan fingerprint density at radius 1 is 0.589 bits per heavy atom. The first-order valence-corrected chi connectivity index (χ1v) is 19.6. The van der Waals surface area contributed by atoms with E-state index in [4.69, 9.17) is 9.40 Å². The van der Waals surface area contributed by atoms with E-state index in [1.807, 2.05) is 18.3 Å². The summed E-state index contributed by atoms with van der Waals surface area (Å²) >= 11 is 0. The second-order valence-electron chi connectivity index (χ2n) is 18.9. The molecule has 5 aromatic carbocycles. The molecule has 0 unspecified atom stereocenters. The van der Waals surface area contributed by atoms with E-state index in [1.165, 1.54) is 43.8 Å². The predicted octanol–water partition coefficient (Wildman–Crippen LogP) is 14.4. The molecule has 0 amide bonds. The third kappa shape index (κ3) is 9.66. The zero-order chi connectivity index (χ0) is 39.1. The van der Waals surface area contributed by atoms with E-state index in [0.717, 1.165) is 63.7 Å². The van der Waals surface area contributed by atoms with Crippen molar-refractivity contribution >= 4 is 43.5 Å². The van der Waals surface area contributed by atoms with Crippen molar-refractivity contribution in [2.45, 2.75) is 88.5 Å². The van der Waals surface area contributed by atoms with E-state index in [2.05, 4.69) is 177 Å². The molecule has 0 N–H and O–H groups in total. The van der Waals surface area contributed by atoms with Crippen LogP contribution in [0.3, 0.4) is 0 Å². The predicted molar refractivity (Wildman–Crippen MR) is 234 cm³/mol. The Labute approximate surface area is 347 Å². The first kappa shape index (κ1) is 41.0. The fourth-order valence-corrected chi connectivity index (χ4v) is 7.57. The van der Waals surface area contributed by atoms with Gasteiger partial charge in [-0.25, -0.2) is 0 Å². The molecule has 8 aromatic rings. The molecule has 0 fully saturated rings. The third-order valence-corrected chi connectivity index (χ3v) is 9.88. The van der Waals surface area contributed by atoms with Gasteiger partial charge in [0.25, 0.3) is 0 Å². The molecule has 3 nitrogen and oxygen atoms in total. The standard InChI is InChI=1S/C30H24NO.C22H30N.Ir/c1-30(2,3)18-19-13-14-31-27(15-19)24-10-6-9-23-26-16-21-12-11-20-7-4-5-8-22(20)25(21)17-28(26)32-29(23)24;1-16-8-10-17(11-9-16)20-12-18(13-21(2,3)4)19(15-23-20)14-22(5,6)7;/h4-9,11-17H,18H2,1-3H3;8-10,12,15H,13-14H2,1-7H3;/q2*-1;. The molecule has 1 radical (unpaired) electrons. The number of aromatic nitrogens is 2. The van der Waals surface area contributed by atoms with Crippen LogP contribution in [0.15, 0.2) is 114 Å². The molecule has 56 heavy (non-hydrogen) atoms. The molecule has 4 heteroatoms. The van der Waals surface area contributed by atoms with Crippen molar-refractivity contribution < 1.29 is 24.5 Å². The zero-order valence-electron chi connectivity index (χ0n) is 34.6. The quantitative estimate of drug-likeness (QED) is 0.128. The van der Waals surface area contributed by atoms with Gasteiger partial charge in [-0.1, -0.05) is 134 Å². The summed E-state index contributed by atoms with van der Waals surface area (Å²) in [6, 6.07) is 41.0. The minimum absolute atomic E-state index is 0. The summed E-state index contributed by atoms with van der Waals surface area (Å²) in [4.78, 5) is 9.39. The summed E-state index contributed by atoms with van der Waals surface area (Å²) in [7, 11) is 0. The van der Waals surface area contributed by atoms with Crippen molar-refractivity contribution in [3.63, 3.8) is 0 Å². The summed E-state index contributed by atoms with van der Waals surface area (Å²) in [5.74, 6) is 0. The SMILES string of the molecule is CC(C)(C)Cc1ccnc(-c2[c-]ccc3c2oc2cc4c(ccc5ccccc54)cc23)c1.Cc1c[c-]c(-c2cc(CC(C)(C)C)c(CC(C)(C)C)cn2)cc1.[Ir]. The number of hydrogen-bond acceptors (Lipinski definition) is 3. The largest absolute Gasteiger partial charge is 0.501 e. The van der Waals surface area contributed by atoms with Crippen LogP contribution in [0.25, 0.3) is 66.0 Å². The van der Waals surface area contributed by atoms with Gasteiger partial charge >= 0.3 is 0 Å². The summed E-state index contributed by atoms with van der Waals surface area (Å²) in [6.07, 6.45) is 7.10. The maximum absolute atomic E-state index is 6.46. The molecule has 0 aliphatic rings. The fraction of sp³-hybridized carbons (Fsp3) is 0.308. The van der Waals surface area contributed by atoms with Gasteiger partial charge in [-0.2, -0.15) is 0 Å². The normalized spacial score (nSPS) is 12.2. The van der Waals surface area contributed by atoms with Crippen LogP contribution >= 0.6 is 0 Å². The maximum atomic E-state index is 6.46. The number of fused-ring (bicyclic) bond motifs is 6. The Morgan fingerprint density at radius 3 is 2.02 bits per heavy atom. The van der Waals surface area contributed by atoms with Crippen LogP contribution in [0.2, 0.25) is 0 Å². The average molecular weight is 915 g/mol. The third-order valence-electron chi connectivity index (χ3n) is 9.88. The number of hydrogen-bond donors (Lipinski definition) is 0. The Kier molecular flexibility index (Phi) is 11.8. The van der Waals surface area contributed by atoms with Gasteiger partial charge in [-0.3, -0.25) is 0 Å². The topological polar surface area (TPSA) is 38.9 Å². The molecule has 0 aliphatic heterocycles. The monoisotopic (exact) mass is 915 g/mol. The number of aryl methyl sites for hydroxylation is 1. The molecule has 289 valence electrons. The second kappa shape index (κ2) is 16.1. The van der Waals surface area contributed by atoms with Crippen LogP contribution in [0.1, 0.15) is 84.6 Å². The number of rotatable bonds is 5. The molecule has 3 heterocycles. The van der Waals surface area contributed by atoms with E-state index < -0.39 is 0 Å². The van der Waals surface area contributed by atoms with Crippen LogP contribution in [-0.4, -0.2) is 9.97 Å². The van der Waals surface area contributed by atoms with Gasteiger partial charge in [0.2, 0.25) is 0 Å². The van der Waals surface area contributed by atoms with Crippen LogP contribution in [0, 0.1) is 35.3 Å². The molecule has 3 aromatic heterocycles. The van der Waals surface area contributed by atoms with E-state index in [1.54, 1.807) is 0 Å². The van der Waals surface area contributed by atoms with E-state index >= 15 is 0 Å². The fourth-order valence-electron chi connectivity index (χ4n) is 7.57.